The molecule has 0 saturated heterocycles. The van der Waals surface area contributed by atoms with Crippen LogP contribution >= 0.6 is 11.6 Å². The monoisotopic (exact) mass is 330 g/mol. The standard InChI is InChI=1S/C15H23ClN2O2S/c1-15(2,12-18(3)4)11-17-21(19,20)10-9-13-5-7-14(16)8-6-13/h5-10,17H,11-12H2,1-4H3/b10-9+. The Kier molecular flexibility index (Phi) is 6.41. The van der Waals surface area contributed by atoms with Crippen molar-refractivity contribution in [2.75, 3.05) is 27.2 Å². The molecular weight excluding hydrogens is 308 g/mol. The number of rotatable bonds is 7. The number of benzene rings is 1. The molecule has 0 radical (unpaired) electrons. The van der Waals surface area contributed by atoms with Crippen LogP contribution in [0.15, 0.2) is 29.7 Å². The summed E-state index contributed by atoms with van der Waals surface area (Å²) in [7, 11) is 0.497. The van der Waals surface area contributed by atoms with Crippen LogP contribution in [-0.4, -0.2) is 40.5 Å². The van der Waals surface area contributed by atoms with Gasteiger partial charge in [0.1, 0.15) is 0 Å². The van der Waals surface area contributed by atoms with E-state index in [1.807, 2.05) is 32.8 Å². The molecule has 0 aliphatic carbocycles. The van der Waals surface area contributed by atoms with Crippen molar-refractivity contribution in [2.24, 2.45) is 5.41 Å². The molecule has 0 spiro atoms. The fourth-order valence-corrected chi connectivity index (χ4v) is 3.15. The van der Waals surface area contributed by atoms with Gasteiger partial charge in [-0.2, -0.15) is 0 Å². The second-order valence-electron chi connectivity index (χ2n) is 6.12. The van der Waals surface area contributed by atoms with Gasteiger partial charge in [0.15, 0.2) is 0 Å². The topological polar surface area (TPSA) is 49.4 Å². The molecule has 0 amide bonds. The zero-order chi connectivity index (χ0) is 16.1. The quantitative estimate of drug-likeness (QED) is 0.836. The minimum atomic E-state index is -3.44. The lowest BCUT2D eigenvalue weighted by Gasteiger charge is -2.28. The molecular formula is C15H23ClN2O2S. The molecule has 1 N–H and O–H groups in total. The Morgan fingerprint density at radius 3 is 2.33 bits per heavy atom. The molecule has 6 heteroatoms. The molecule has 0 heterocycles. The Balaban J connectivity index is 2.63. The summed E-state index contributed by atoms with van der Waals surface area (Å²) >= 11 is 5.78. The Bertz CT molecular complexity index is 578. The van der Waals surface area contributed by atoms with Crippen LogP contribution in [0.4, 0.5) is 0 Å². The van der Waals surface area contributed by atoms with E-state index in [0.29, 0.717) is 11.6 Å². The van der Waals surface area contributed by atoms with Crippen molar-refractivity contribution in [3.8, 4) is 0 Å². The highest BCUT2D eigenvalue weighted by atomic mass is 35.5. The summed E-state index contributed by atoms with van der Waals surface area (Å²) in [5.74, 6) is 0. The predicted molar refractivity (Wildman–Crippen MR) is 89.7 cm³/mol. The zero-order valence-corrected chi connectivity index (χ0v) is 14.5. The van der Waals surface area contributed by atoms with Gasteiger partial charge in [-0.25, -0.2) is 13.1 Å². The Hall–Kier alpha value is -0.880. The van der Waals surface area contributed by atoms with E-state index < -0.39 is 10.0 Å². The smallest absolute Gasteiger partial charge is 0.233 e. The third kappa shape index (κ3) is 7.62. The van der Waals surface area contributed by atoms with E-state index in [-0.39, 0.29) is 5.41 Å². The number of halogens is 1. The number of nitrogens with one attached hydrogen (secondary N) is 1. The maximum atomic E-state index is 12.0. The normalized spacial score (nSPS) is 13.2. The summed E-state index contributed by atoms with van der Waals surface area (Å²) in [6, 6.07) is 6.98. The molecule has 0 aliphatic heterocycles. The van der Waals surface area contributed by atoms with Crippen LogP contribution in [0.25, 0.3) is 6.08 Å². The van der Waals surface area contributed by atoms with Gasteiger partial charge in [0.05, 0.1) is 0 Å². The number of sulfonamides is 1. The molecule has 0 unspecified atom stereocenters. The van der Waals surface area contributed by atoms with Gasteiger partial charge in [0.25, 0.3) is 0 Å². The maximum absolute atomic E-state index is 12.0. The molecule has 0 fully saturated rings. The van der Waals surface area contributed by atoms with Gasteiger partial charge in [-0.1, -0.05) is 37.6 Å². The van der Waals surface area contributed by atoms with Crippen molar-refractivity contribution < 1.29 is 8.42 Å². The van der Waals surface area contributed by atoms with E-state index in [0.717, 1.165) is 12.1 Å². The minimum Gasteiger partial charge on any atom is -0.309 e. The van der Waals surface area contributed by atoms with Gasteiger partial charge in [-0.3, -0.25) is 0 Å². The van der Waals surface area contributed by atoms with Gasteiger partial charge in [0, 0.05) is 23.5 Å². The highest BCUT2D eigenvalue weighted by Crippen LogP contribution is 2.15. The fraction of sp³-hybridized carbons (Fsp3) is 0.467. The number of nitrogens with zero attached hydrogens (tertiary/aromatic N) is 1. The first-order valence-electron chi connectivity index (χ1n) is 6.68. The molecule has 118 valence electrons. The van der Waals surface area contributed by atoms with Crippen LogP contribution in [0.3, 0.4) is 0 Å². The summed E-state index contributed by atoms with van der Waals surface area (Å²) in [5.41, 5.74) is 0.655. The van der Waals surface area contributed by atoms with E-state index >= 15 is 0 Å². The van der Waals surface area contributed by atoms with Crippen LogP contribution in [0.5, 0.6) is 0 Å². The Labute approximate surface area is 132 Å². The van der Waals surface area contributed by atoms with E-state index in [1.165, 1.54) is 5.41 Å². The van der Waals surface area contributed by atoms with E-state index in [1.54, 1.807) is 30.3 Å². The lowest BCUT2D eigenvalue weighted by Crippen LogP contribution is -2.39. The molecule has 4 nitrogen and oxygen atoms in total. The Morgan fingerprint density at radius 1 is 1.24 bits per heavy atom. The highest BCUT2D eigenvalue weighted by molar-refractivity contribution is 7.92. The summed E-state index contributed by atoms with van der Waals surface area (Å²) < 4.78 is 26.6. The lowest BCUT2D eigenvalue weighted by molar-refractivity contribution is 0.242. The second kappa shape index (κ2) is 7.40. The first-order chi connectivity index (χ1) is 9.60. The SMILES string of the molecule is CN(C)CC(C)(C)CNS(=O)(=O)/C=C/c1ccc(Cl)cc1. The van der Waals surface area contributed by atoms with Crippen LogP contribution < -0.4 is 4.72 Å². The first kappa shape index (κ1) is 18.2. The van der Waals surface area contributed by atoms with Crippen LogP contribution in [0, 0.1) is 5.41 Å². The van der Waals surface area contributed by atoms with Crippen LogP contribution in [0.2, 0.25) is 5.02 Å². The van der Waals surface area contributed by atoms with Gasteiger partial charge in [-0.05, 0) is 43.3 Å². The summed E-state index contributed by atoms with van der Waals surface area (Å²) in [6.45, 7) is 5.24. The molecule has 1 rings (SSSR count). The molecule has 21 heavy (non-hydrogen) atoms. The van der Waals surface area contributed by atoms with Crippen molar-refractivity contribution in [1.29, 1.82) is 0 Å². The minimum absolute atomic E-state index is 0.134. The number of hydrogen-bond donors (Lipinski definition) is 1. The first-order valence-corrected chi connectivity index (χ1v) is 8.60. The second-order valence-corrected chi connectivity index (χ2v) is 8.21. The lowest BCUT2D eigenvalue weighted by atomic mass is 9.93. The molecule has 0 saturated carbocycles. The van der Waals surface area contributed by atoms with Crippen molar-refractivity contribution in [3.63, 3.8) is 0 Å². The molecule has 1 aromatic carbocycles. The van der Waals surface area contributed by atoms with Crippen molar-refractivity contribution in [1.82, 2.24) is 9.62 Å². The molecule has 0 bridgehead atoms. The average molecular weight is 331 g/mol. The molecule has 0 atom stereocenters. The summed E-state index contributed by atoms with van der Waals surface area (Å²) in [5, 5.41) is 1.81. The summed E-state index contributed by atoms with van der Waals surface area (Å²) in [4.78, 5) is 2.04. The van der Waals surface area contributed by atoms with Crippen LogP contribution in [-0.2, 0) is 10.0 Å². The molecule has 0 aromatic heterocycles. The predicted octanol–water partition coefficient (Wildman–Crippen LogP) is 2.82. The summed E-state index contributed by atoms with van der Waals surface area (Å²) in [6.07, 6.45) is 1.55. The van der Waals surface area contributed by atoms with Gasteiger partial charge >= 0.3 is 0 Å². The largest absolute Gasteiger partial charge is 0.309 e. The van der Waals surface area contributed by atoms with Crippen molar-refractivity contribution >= 4 is 27.7 Å². The van der Waals surface area contributed by atoms with Gasteiger partial charge in [-0.15, -0.1) is 0 Å². The van der Waals surface area contributed by atoms with Gasteiger partial charge < -0.3 is 4.90 Å². The average Bonchev–Trinajstić information content (AvgIpc) is 2.35. The van der Waals surface area contributed by atoms with Crippen molar-refractivity contribution in [2.45, 2.75) is 13.8 Å². The highest BCUT2D eigenvalue weighted by Gasteiger charge is 2.20. The fourth-order valence-electron chi connectivity index (χ4n) is 2.00. The van der Waals surface area contributed by atoms with Crippen LogP contribution in [0.1, 0.15) is 19.4 Å². The van der Waals surface area contributed by atoms with Gasteiger partial charge in [0.2, 0.25) is 10.0 Å². The third-order valence-electron chi connectivity index (χ3n) is 2.81. The molecule has 0 aliphatic rings. The van der Waals surface area contributed by atoms with Crippen molar-refractivity contribution in [3.05, 3.63) is 40.3 Å². The third-order valence-corrected chi connectivity index (χ3v) is 4.10. The zero-order valence-electron chi connectivity index (χ0n) is 12.9. The maximum Gasteiger partial charge on any atom is 0.233 e. The number of hydrogen-bond acceptors (Lipinski definition) is 3. The van der Waals surface area contributed by atoms with E-state index in [2.05, 4.69) is 4.72 Å². The molecule has 1 aromatic rings. The van der Waals surface area contributed by atoms with E-state index in [4.69, 9.17) is 11.6 Å². The van der Waals surface area contributed by atoms with E-state index in [9.17, 15) is 8.42 Å². The Morgan fingerprint density at radius 2 is 1.81 bits per heavy atom.